The molecule has 2 aromatic heterocycles. The minimum absolute atomic E-state index is 0.111. The van der Waals surface area contributed by atoms with Crippen molar-refractivity contribution in [3.8, 4) is 11.5 Å². The smallest absolute Gasteiger partial charge is 0.360 e. The summed E-state index contributed by atoms with van der Waals surface area (Å²) in [7, 11) is 0. The molecule has 3 aromatic rings. The number of benzene rings is 1. The molecule has 0 spiro atoms. The van der Waals surface area contributed by atoms with Gasteiger partial charge < -0.3 is 9.26 Å². The van der Waals surface area contributed by atoms with Crippen LogP contribution in [0.1, 0.15) is 23.0 Å². The first kappa shape index (κ1) is 17.1. The van der Waals surface area contributed by atoms with Crippen LogP contribution < -0.4 is 5.43 Å². The third-order valence-electron chi connectivity index (χ3n) is 3.00. The van der Waals surface area contributed by atoms with Crippen LogP contribution >= 0.6 is 22.9 Å². The Hall–Kier alpha value is -2.71. The lowest BCUT2D eigenvalue weighted by atomic mass is 10.2. The summed E-state index contributed by atoms with van der Waals surface area (Å²) in [6.45, 7) is 2.00. The lowest BCUT2D eigenvalue weighted by Crippen LogP contribution is -2.04. The van der Waals surface area contributed by atoms with Gasteiger partial charge in [-0.15, -0.1) is 11.3 Å². The number of anilines is 1. The monoisotopic (exact) mass is 376 g/mol. The van der Waals surface area contributed by atoms with Gasteiger partial charge in [-0.2, -0.15) is 5.10 Å². The van der Waals surface area contributed by atoms with Crippen molar-refractivity contribution in [2.45, 2.75) is 6.92 Å². The molecule has 0 fully saturated rings. The molecule has 0 radical (unpaired) electrons. The number of aromatic nitrogens is 2. The summed E-state index contributed by atoms with van der Waals surface area (Å²) in [5.74, 6) is -0.146. The molecule has 0 bridgehead atoms. The van der Waals surface area contributed by atoms with Crippen molar-refractivity contribution >= 4 is 40.3 Å². The maximum atomic E-state index is 11.6. The van der Waals surface area contributed by atoms with Gasteiger partial charge in [0.05, 0.1) is 12.8 Å². The molecule has 9 heteroatoms. The Labute approximate surface area is 152 Å². The first-order chi connectivity index (χ1) is 12.2. The largest absolute Gasteiger partial charge is 0.461 e. The molecule has 128 valence electrons. The van der Waals surface area contributed by atoms with Crippen molar-refractivity contribution in [1.82, 2.24) is 10.1 Å². The highest BCUT2D eigenvalue weighted by Crippen LogP contribution is 2.25. The van der Waals surface area contributed by atoms with E-state index in [0.717, 1.165) is 5.56 Å². The normalized spacial score (nSPS) is 11.0. The number of carbonyl (C=O) groups is 1. The molecule has 7 nitrogen and oxygen atoms in total. The van der Waals surface area contributed by atoms with E-state index in [1.54, 1.807) is 30.7 Å². The van der Waals surface area contributed by atoms with E-state index >= 15 is 0 Å². The van der Waals surface area contributed by atoms with Crippen LogP contribution in [-0.2, 0) is 4.74 Å². The van der Waals surface area contributed by atoms with E-state index in [9.17, 15) is 4.79 Å². The van der Waals surface area contributed by atoms with Gasteiger partial charge in [0.15, 0.2) is 11.5 Å². The number of hydrogen-bond acceptors (Lipinski definition) is 8. The van der Waals surface area contributed by atoms with E-state index in [1.807, 2.05) is 12.1 Å². The topological polar surface area (TPSA) is 89.6 Å². The van der Waals surface area contributed by atoms with Crippen molar-refractivity contribution in [2.75, 3.05) is 12.0 Å². The summed E-state index contributed by atoms with van der Waals surface area (Å²) in [5.41, 5.74) is 4.41. The highest BCUT2D eigenvalue weighted by atomic mass is 35.5. The molecule has 2 heterocycles. The molecule has 0 unspecified atom stereocenters. The van der Waals surface area contributed by atoms with Crippen LogP contribution in [0, 0.1) is 0 Å². The number of hydrazone groups is 1. The van der Waals surface area contributed by atoms with E-state index in [2.05, 4.69) is 20.7 Å². The Morgan fingerprint density at radius 3 is 3.00 bits per heavy atom. The first-order valence-electron chi connectivity index (χ1n) is 7.30. The van der Waals surface area contributed by atoms with Crippen molar-refractivity contribution in [2.24, 2.45) is 5.10 Å². The van der Waals surface area contributed by atoms with E-state index in [4.69, 9.17) is 20.9 Å². The van der Waals surface area contributed by atoms with Gasteiger partial charge in [0.1, 0.15) is 5.69 Å². The van der Waals surface area contributed by atoms with Crippen LogP contribution in [0.15, 0.2) is 45.3 Å². The zero-order chi connectivity index (χ0) is 17.6. The molecule has 0 aliphatic rings. The molecule has 25 heavy (non-hydrogen) atoms. The SMILES string of the molecule is CCOC(=O)c1cc(-c2csc(N/N=C\c3ccc(Cl)cc3)n2)on1. The molecule has 3 rings (SSSR count). The summed E-state index contributed by atoms with van der Waals surface area (Å²) >= 11 is 7.18. The maximum absolute atomic E-state index is 11.6. The van der Waals surface area contributed by atoms with Gasteiger partial charge in [-0.3, -0.25) is 5.43 Å². The lowest BCUT2D eigenvalue weighted by Gasteiger charge is -1.94. The molecular formula is C16H13ClN4O3S. The molecule has 1 N–H and O–H groups in total. The van der Waals surface area contributed by atoms with E-state index < -0.39 is 5.97 Å². The number of nitrogens with one attached hydrogen (secondary N) is 1. The molecule has 0 saturated heterocycles. The summed E-state index contributed by atoms with van der Waals surface area (Å²) in [4.78, 5) is 15.9. The Morgan fingerprint density at radius 2 is 2.24 bits per heavy atom. The molecule has 0 aliphatic heterocycles. The summed E-state index contributed by atoms with van der Waals surface area (Å²) in [5, 5.41) is 10.8. The van der Waals surface area contributed by atoms with Gasteiger partial charge in [-0.05, 0) is 24.6 Å². The molecule has 0 amide bonds. The Balaban J connectivity index is 1.64. The minimum Gasteiger partial charge on any atom is -0.461 e. The maximum Gasteiger partial charge on any atom is 0.360 e. The summed E-state index contributed by atoms with van der Waals surface area (Å²) in [6, 6.07) is 8.77. The Bertz CT molecular complexity index is 889. The molecular weight excluding hydrogens is 364 g/mol. The third kappa shape index (κ3) is 4.43. The number of nitrogens with zero attached hydrogens (tertiary/aromatic N) is 3. The predicted octanol–water partition coefficient (Wildman–Crippen LogP) is 4.07. The van der Waals surface area contributed by atoms with Gasteiger partial charge in [-0.1, -0.05) is 28.9 Å². The number of thiazole rings is 1. The summed E-state index contributed by atoms with van der Waals surface area (Å²) in [6.07, 6.45) is 1.66. The number of halogens is 1. The highest BCUT2D eigenvalue weighted by Gasteiger charge is 2.16. The number of rotatable bonds is 6. The summed E-state index contributed by atoms with van der Waals surface area (Å²) < 4.78 is 10.00. The van der Waals surface area contributed by atoms with E-state index in [0.29, 0.717) is 21.6 Å². The molecule has 1 aromatic carbocycles. The fourth-order valence-electron chi connectivity index (χ4n) is 1.85. The number of esters is 1. The second-order valence-corrected chi connectivity index (χ2v) is 6.05. The van der Waals surface area contributed by atoms with Crippen molar-refractivity contribution in [3.63, 3.8) is 0 Å². The lowest BCUT2D eigenvalue weighted by molar-refractivity contribution is 0.0514. The Kier molecular flexibility index (Phi) is 5.42. The second kappa shape index (κ2) is 7.91. The van der Waals surface area contributed by atoms with Gasteiger partial charge in [0, 0.05) is 16.5 Å². The fourth-order valence-corrected chi connectivity index (χ4v) is 2.62. The number of hydrogen-bond donors (Lipinski definition) is 1. The van der Waals surface area contributed by atoms with Gasteiger partial charge in [0.2, 0.25) is 5.13 Å². The predicted molar refractivity (Wildman–Crippen MR) is 96.2 cm³/mol. The fraction of sp³-hybridized carbons (Fsp3) is 0.125. The standard InChI is InChI=1S/C16H13ClN4O3S/c1-2-23-15(22)12-7-14(24-21-12)13-9-25-16(19-13)20-18-8-10-3-5-11(17)6-4-10/h3-9H,2H2,1H3,(H,19,20)/b18-8-. The van der Waals surface area contributed by atoms with Crippen LogP contribution in [0.2, 0.25) is 5.02 Å². The van der Waals surface area contributed by atoms with Gasteiger partial charge >= 0.3 is 5.97 Å². The quantitative estimate of drug-likeness (QED) is 0.396. The number of ether oxygens (including phenoxy) is 1. The van der Waals surface area contributed by atoms with Crippen molar-refractivity contribution < 1.29 is 14.1 Å². The third-order valence-corrected chi connectivity index (χ3v) is 3.99. The van der Waals surface area contributed by atoms with Gasteiger partial charge in [-0.25, -0.2) is 9.78 Å². The van der Waals surface area contributed by atoms with E-state index in [-0.39, 0.29) is 12.3 Å². The van der Waals surface area contributed by atoms with Crippen LogP contribution in [0.25, 0.3) is 11.5 Å². The average molecular weight is 377 g/mol. The number of carbonyl (C=O) groups excluding carboxylic acids is 1. The molecule has 0 saturated carbocycles. The van der Waals surface area contributed by atoms with Gasteiger partial charge in [0.25, 0.3) is 0 Å². The van der Waals surface area contributed by atoms with Crippen LogP contribution in [0.4, 0.5) is 5.13 Å². The zero-order valence-corrected chi connectivity index (χ0v) is 14.7. The van der Waals surface area contributed by atoms with Crippen LogP contribution in [0.3, 0.4) is 0 Å². The average Bonchev–Trinajstić information content (AvgIpc) is 3.26. The van der Waals surface area contributed by atoms with Crippen molar-refractivity contribution in [1.29, 1.82) is 0 Å². The van der Waals surface area contributed by atoms with Crippen LogP contribution in [-0.4, -0.2) is 28.9 Å². The minimum atomic E-state index is -0.529. The highest BCUT2D eigenvalue weighted by molar-refractivity contribution is 7.14. The zero-order valence-electron chi connectivity index (χ0n) is 13.1. The molecule has 0 aliphatic carbocycles. The molecule has 0 atom stereocenters. The van der Waals surface area contributed by atoms with Crippen molar-refractivity contribution in [3.05, 3.63) is 52.0 Å². The second-order valence-electron chi connectivity index (χ2n) is 4.76. The Morgan fingerprint density at radius 1 is 1.44 bits per heavy atom. The van der Waals surface area contributed by atoms with Crippen LogP contribution in [0.5, 0.6) is 0 Å². The first-order valence-corrected chi connectivity index (χ1v) is 8.56. The van der Waals surface area contributed by atoms with E-state index in [1.165, 1.54) is 17.4 Å².